The van der Waals surface area contributed by atoms with E-state index in [0.717, 1.165) is 34.4 Å². The quantitative estimate of drug-likeness (QED) is 0.384. The standard InChI is InChI=1S/C24H20N6O/c31-18-6-7-19-16(15-28-22(19)12-18)8-11-27-23-13-21(17-4-3-9-25-14-17)29-24(30-23)20-5-1-2-10-26-20/h1-7,9-10,12-15,28,31H,8,11H2,(H,27,29,30). The van der Waals surface area contributed by atoms with Gasteiger partial charge in [-0.25, -0.2) is 9.97 Å². The minimum atomic E-state index is 0.255. The van der Waals surface area contributed by atoms with Crippen LogP contribution in [0.5, 0.6) is 5.75 Å². The predicted molar refractivity (Wildman–Crippen MR) is 121 cm³/mol. The molecular weight excluding hydrogens is 388 g/mol. The summed E-state index contributed by atoms with van der Waals surface area (Å²) in [4.78, 5) is 21.2. The molecule has 5 rings (SSSR count). The van der Waals surface area contributed by atoms with Crippen LogP contribution in [-0.4, -0.2) is 36.6 Å². The molecular formula is C24H20N6O. The lowest BCUT2D eigenvalue weighted by Gasteiger charge is -2.10. The van der Waals surface area contributed by atoms with Gasteiger partial charge in [-0.05, 0) is 48.4 Å². The molecule has 0 unspecified atom stereocenters. The van der Waals surface area contributed by atoms with Crippen molar-refractivity contribution in [3.8, 4) is 28.5 Å². The van der Waals surface area contributed by atoms with E-state index in [-0.39, 0.29) is 5.75 Å². The van der Waals surface area contributed by atoms with Gasteiger partial charge in [0, 0.05) is 59.9 Å². The molecule has 0 bridgehead atoms. The lowest BCUT2D eigenvalue weighted by Crippen LogP contribution is -2.08. The number of benzene rings is 1. The fourth-order valence-corrected chi connectivity index (χ4v) is 3.52. The average Bonchev–Trinajstić information content (AvgIpc) is 3.22. The molecule has 0 aliphatic heterocycles. The van der Waals surface area contributed by atoms with Crippen molar-refractivity contribution in [2.24, 2.45) is 0 Å². The Balaban J connectivity index is 1.41. The molecule has 0 amide bonds. The van der Waals surface area contributed by atoms with Gasteiger partial charge in [-0.3, -0.25) is 9.97 Å². The van der Waals surface area contributed by atoms with Gasteiger partial charge < -0.3 is 15.4 Å². The summed E-state index contributed by atoms with van der Waals surface area (Å²) in [5.41, 5.74) is 4.52. The molecule has 31 heavy (non-hydrogen) atoms. The van der Waals surface area contributed by atoms with Gasteiger partial charge in [0.15, 0.2) is 5.82 Å². The summed E-state index contributed by atoms with van der Waals surface area (Å²) < 4.78 is 0. The molecule has 4 aromatic heterocycles. The second-order valence-corrected chi connectivity index (χ2v) is 7.14. The summed E-state index contributed by atoms with van der Waals surface area (Å²) in [5, 5.41) is 14.2. The summed E-state index contributed by atoms with van der Waals surface area (Å²) in [6.45, 7) is 0.693. The van der Waals surface area contributed by atoms with Crippen LogP contribution < -0.4 is 5.32 Å². The zero-order valence-electron chi connectivity index (χ0n) is 16.7. The zero-order valence-corrected chi connectivity index (χ0v) is 16.7. The van der Waals surface area contributed by atoms with Crippen LogP contribution >= 0.6 is 0 Å². The molecule has 7 heteroatoms. The van der Waals surface area contributed by atoms with Gasteiger partial charge in [0.05, 0.1) is 5.69 Å². The third-order valence-electron chi connectivity index (χ3n) is 5.03. The van der Waals surface area contributed by atoms with Crippen LogP contribution in [0.3, 0.4) is 0 Å². The minimum Gasteiger partial charge on any atom is -0.508 e. The summed E-state index contributed by atoms with van der Waals surface area (Å²) >= 11 is 0. The van der Waals surface area contributed by atoms with E-state index in [1.165, 1.54) is 5.56 Å². The van der Waals surface area contributed by atoms with E-state index >= 15 is 0 Å². The number of fused-ring (bicyclic) bond motifs is 1. The Kier molecular flexibility index (Phi) is 4.98. The van der Waals surface area contributed by atoms with Crippen molar-refractivity contribution in [3.05, 3.63) is 84.9 Å². The molecule has 0 aliphatic carbocycles. The van der Waals surface area contributed by atoms with Crippen LogP contribution in [0.2, 0.25) is 0 Å². The smallest absolute Gasteiger partial charge is 0.180 e. The monoisotopic (exact) mass is 408 g/mol. The third-order valence-corrected chi connectivity index (χ3v) is 5.03. The van der Waals surface area contributed by atoms with Crippen LogP contribution in [0, 0.1) is 0 Å². The first kappa shape index (κ1) is 18.7. The van der Waals surface area contributed by atoms with Crippen molar-refractivity contribution in [2.75, 3.05) is 11.9 Å². The molecule has 3 N–H and O–H groups in total. The Morgan fingerprint density at radius 2 is 1.90 bits per heavy atom. The molecule has 5 aromatic rings. The fraction of sp³-hybridized carbons (Fsp3) is 0.0833. The van der Waals surface area contributed by atoms with E-state index in [1.807, 2.05) is 48.7 Å². The van der Waals surface area contributed by atoms with Crippen molar-refractivity contribution >= 4 is 16.7 Å². The second-order valence-electron chi connectivity index (χ2n) is 7.14. The molecule has 152 valence electrons. The summed E-state index contributed by atoms with van der Waals surface area (Å²) in [5.74, 6) is 1.55. The van der Waals surface area contributed by atoms with E-state index in [9.17, 15) is 5.11 Å². The molecule has 0 spiro atoms. The molecule has 0 saturated heterocycles. The van der Waals surface area contributed by atoms with Crippen LogP contribution in [0.4, 0.5) is 5.82 Å². The fourth-order valence-electron chi connectivity index (χ4n) is 3.52. The number of H-pyrrole nitrogens is 1. The third kappa shape index (κ3) is 4.06. The Bertz CT molecular complexity index is 1260. The van der Waals surface area contributed by atoms with Gasteiger partial charge >= 0.3 is 0 Å². The normalized spacial score (nSPS) is 11.0. The number of aromatic hydroxyl groups is 1. The Hall–Kier alpha value is -4.26. The number of phenolic OH excluding ortho intramolecular Hbond substituents is 1. The maximum atomic E-state index is 9.65. The lowest BCUT2D eigenvalue weighted by atomic mass is 10.1. The van der Waals surface area contributed by atoms with Gasteiger partial charge in [0.2, 0.25) is 0 Å². The van der Waals surface area contributed by atoms with E-state index in [4.69, 9.17) is 4.98 Å². The van der Waals surface area contributed by atoms with Gasteiger partial charge in [0.1, 0.15) is 17.3 Å². The van der Waals surface area contributed by atoms with E-state index in [0.29, 0.717) is 18.1 Å². The summed E-state index contributed by atoms with van der Waals surface area (Å²) in [6.07, 6.45) is 8.04. The maximum absolute atomic E-state index is 9.65. The van der Waals surface area contributed by atoms with Crippen molar-refractivity contribution in [1.29, 1.82) is 0 Å². The van der Waals surface area contributed by atoms with Gasteiger partial charge in [-0.2, -0.15) is 0 Å². The van der Waals surface area contributed by atoms with Gasteiger partial charge in [0.25, 0.3) is 0 Å². The highest BCUT2D eigenvalue weighted by atomic mass is 16.3. The topological polar surface area (TPSA) is 99.6 Å². The number of pyridine rings is 2. The number of rotatable bonds is 6. The Morgan fingerprint density at radius 1 is 0.935 bits per heavy atom. The van der Waals surface area contributed by atoms with Crippen molar-refractivity contribution in [3.63, 3.8) is 0 Å². The highest BCUT2D eigenvalue weighted by Crippen LogP contribution is 2.24. The molecule has 0 saturated carbocycles. The van der Waals surface area contributed by atoms with Crippen LogP contribution in [0.1, 0.15) is 5.56 Å². The SMILES string of the molecule is Oc1ccc2c(CCNc3cc(-c4cccnc4)nc(-c4ccccn4)n3)c[nH]c2c1. The molecule has 0 fully saturated rings. The number of aromatic nitrogens is 5. The van der Waals surface area contributed by atoms with Crippen LogP contribution in [0.15, 0.2) is 79.4 Å². The minimum absolute atomic E-state index is 0.255. The Morgan fingerprint density at radius 3 is 2.74 bits per heavy atom. The highest BCUT2D eigenvalue weighted by Gasteiger charge is 2.10. The summed E-state index contributed by atoms with van der Waals surface area (Å²) in [6, 6.07) is 16.8. The first-order valence-corrected chi connectivity index (χ1v) is 10.00. The maximum Gasteiger partial charge on any atom is 0.180 e. The van der Waals surface area contributed by atoms with E-state index in [2.05, 4.69) is 25.3 Å². The van der Waals surface area contributed by atoms with Gasteiger partial charge in [-0.1, -0.05) is 6.07 Å². The van der Waals surface area contributed by atoms with Gasteiger partial charge in [-0.15, -0.1) is 0 Å². The van der Waals surface area contributed by atoms with Crippen molar-refractivity contribution < 1.29 is 5.11 Å². The van der Waals surface area contributed by atoms with Crippen molar-refractivity contribution in [1.82, 2.24) is 24.9 Å². The Labute approximate surface area is 178 Å². The predicted octanol–water partition coefficient (Wildman–Crippen LogP) is 4.44. The largest absolute Gasteiger partial charge is 0.508 e. The average molecular weight is 408 g/mol. The molecule has 1 aromatic carbocycles. The number of phenols is 1. The number of nitrogens with one attached hydrogen (secondary N) is 2. The number of aromatic amines is 1. The number of nitrogens with zero attached hydrogens (tertiary/aromatic N) is 4. The number of hydrogen-bond donors (Lipinski definition) is 3. The second kappa shape index (κ2) is 8.23. The first-order valence-electron chi connectivity index (χ1n) is 10.00. The molecule has 0 aliphatic rings. The molecule has 0 radical (unpaired) electrons. The zero-order chi connectivity index (χ0) is 21.0. The van der Waals surface area contributed by atoms with Crippen molar-refractivity contribution in [2.45, 2.75) is 6.42 Å². The molecule has 0 atom stereocenters. The lowest BCUT2D eigenvalue weighted by molar-refractivity contribution is 0.476. The molecule has 7 nitrogen and oxygen atoms in total. The van der Waals surface area contributed by atoms with Crippen LogP contribution in [-0.2, 0) is 6.42 Å². The van der Waals surface area contributed by atoms with E-state index in [1.54, 1.807) is 30.7 Å². The number of hydrogen-bond acceptors (Lipinski definition) is 6. The molecule has 4 heterocycles. The number of anilines is 1. The van der Waals surface area contributed by atoms with E-state index < -0.39 is 0 Å². The van der Waals surface area contributed by atoms with Crippen LogP contribution in [0.25, 0.3) is 33.7 Å². The first-order chi connectivity index (χ1) is 15.3. The summed E-state index contributed by atoms with van der Waals surface area (Å²) in [7, 11) is 0. The highest BCUT2D eigenvalue weighted by molar-refractivity contribution is 5.84.